The van der Waals surface area contributed by atoms with Gasteiger partial charge in [-0.3, -0.25) is 0 Å². The van der Waals surface area contributed by atoms with E-state index in [9.17, 15) is 0 Å². The third-order valence-corrected chi connectivity index (χ3v) is 3.79. The molecule has 1 aromatic heterocycles. The normalized spacial score (nSPS) is 19.5. The first-order chi connectivity index (χ1) is 9.81. The van der Waals surface area contributed by atoms with Crippen molar-refractivity contribution in [1.82, 2.24) is 15.5 Å². The summed E-state index contributed by atoms with van der Waals surface area (Å²) in [6.45, 7) is 5.20. The molecule has 2 aromatic rings. The van der Waals surface area contributed by atoms with Gasteiger partial charge in [0.2, 0.25) is 0 Å². The standard InChI is InChI=1S/C15H20N4O/c1-11-13-5-3-4-6-14(13)15(18-17-11)19-7-8-20-10-12(19)9-16-2/h3-6,12,16H,7-10H2,1-2H3. The van der Waals surface area contributed by atoms with Gasteiger partial charge >= 0.3 is 0 Å². The van der Waals surface area contributed by atoms with Crippen LogP contribution in [-0.4, -0.2) is 49.6 Å². The van der Waals surface area contributed by atoms with Gasteiger partial charge < -0.3 is 15.0 Å². The number of rotatable bonds is 3. The van der Waals surface area contributed by atoms with Gasteiger partial charge in [-0.1, -0.05) is 24.3 Å². The molecule has 0 aliphatic carbocycles. The highest BCUT2D eigenvalue weighted by molar-refractivity contribution is 5.93. The summed E-state index contributed by atoms with van der Waals surface area (Å²) >= 11 is 0. The van der Waals surface area contributed by atoms with E-state index in [4.69, 9.17) is 4.74 Å². The Morgan fingerprint density at radius 1 is 1.30 bits per heavy atom. The molecule has 0 bridgehead atoms. The number of anilines is 1. The fourth-order valence-corrected chi connectivity index (χ4v) is 2.77. The molecule has 5 heteroatoms. The molecule has 20 heavy (non-hydrogen) atoms. The fraction of sp³-hybridized carbons (Fsp3) is 0.467. The lowest BCUT2D eigenvalue weighted by Crippen LogP contribution is -2.50. The lowest BCUT2D eigenvalue weighted by atomic mass is 10.1. The second-order valence-electron chi connectivity index (χ2n) is 5.13. The van der Waals surface area contributed by atoms with Gasteiger partial charge in [-0.2, -0.15) is 5.10 Å². The third kappa shape index (κ3) is 2.34. The Morgan fingerprint density at radius 2 is 2.10 bits per heavy atom. The van der Waals surface area contributed by atoms with Crippen LogP contribution in [0.2, 0.25) is 0 Å². The van der Waals surface area contributed by atoms with Crippen molar-refractivity contribution in [2.75, 3.05) is 38.3 Å². The highest BCUT2D eigenvalue weighted by atomic mass is 16.5. The van der Waals surface area contributed by atoms with Gasteiger partial charge in [-0.25, -0.2) is 0 Å². The summed E-state index contributed by atoms with van der Waals surface area (Å²) in [5.74, 6) is 0.967. The van der Waals surface area contributed by atoms with Crippen molar-refractivity contribution in [3.05, 3.63) is 30.0 Å². The molecule has 1 aliphatic rings. The van der Waals surface area contributed by atoms with Gasteiger partial charge in [0.15, 0.2) is 5.82 Å². The van der Waals surface area contributed by atoms with E-state index in [1.807, 2.05) is 20.0 Å². The van der Waals surface area contributed by atoms with E-state index < -0.39 is 0 Å². The Labute approximate surface area is 118 Å². The van der Waals surface area contributed by atoms with Crippen LogP contribution >= 0.6 is 0 Å². The molecule has 0 spiro atoms. The number of aromatic nitrogens is 2. The summed E-state index contributed by atoms with van der Waals surface area (Å²) in [4.78, 5) is 2.31. The maximum absolute atomic E-state index is 5.59. The molecule has 1 N–H and O–H groups in total. The minimum Gasteiger partial charge on any atom is -0.377 e. The number of aryl methyl sites for hydroxylation is 1. The monoisotopic (exact) mass is 272 g/mol. The minimum absolute atomic E-state index is 0.300. The second-order valence-corrected chi connectivity index (χ2v) is 5.13. The Kier molecular flexibility index (Phi) is 3.80. The number of benzene rings is 1. The highest BCUT2D eigenvalue weighted by Gasteiger charge is 2.25. The summed E-state index contributed by atoms with van der Waals surface area (Å²) < 4.78 is 5.59. The van der Waals surface area contributed by atoms with Crippen molar-refractivity contribution >= 4 is 16.6 Å². The molecule has 1 aromatic carbocycles. The molecule has 1 aliphatic heterocycles. The summed E-state index contributed by atoms with van der Waals surface area (Å²) in [6.07, 6.45) is 0. The van der Waals surface area contributed by atoms with E-state index in [0.717, 1.165) is 37.8 Å². The molecule has 1 saturated heterocycles. The summed E-state index contributed by atoms with van der Waals surface area (Å²) in [5, 5.41) is 14.3. The number of hydrogen-bond donors (Lipinski definition) is 1. The Morgan fingerprint density at radius 3 is 2.90 bits per heavy atom. The summed E-state index contributed by atoms with van der Waals surface area (Å²) in [6, 6.07) is 8.63. The van der Waals surface area contributed by atoms with E-state index in [0.29, 0.717) is 6.04 Å². The van der Waals surface area contributed by atoms with Crippen LogP contribution in [0.4, 0.5) is 5.82 Å². The van der Waals surface area contributed by atoms with Crippen LogP contribution in [-0.2, 0) is 4.74 Å². The van der Waals surface area contributed by atoms with E-state index in [2.05, 4.69) is 38.6 Å². The average molecular weight is 272 g/mol. The van der Waals surface area contributed by atoms with E-state index in [1.165, 1.54) is 10.8 Å². The van der Waals surface area contributed by atoms with Gasteiger partial charge in [0.05, 0.1) is 24.9 Å². The molecule has 0 radical (unpaired) electrons. The molecule has 1 unspecified atom stereocenters. The zero-order valence-corrected chi connectivity index (χ0v) is 12.0. The van der Waals surface area contributed by atoms with Crippen LogP contribution in [0.1, 0.15) is 5.69 Å². The average Bonchev–Trinajstić information content (AvgIpc) is 2.49. The fourth-order valence-electron chi connectivity index (χ4n) is 2.77. The Hall–Kier alpha value is -1.72. The molecule has 0 saturated carbocycles. The number of likely N-dealkylation sites (N-methyl/N-ethyl adjacent to an activating group) is 1. The van der Waals surface area contributed by atoms with Crippen molar-refractivity contribution in [2.45, 2.75) is 13.0 Å². The van der Waals surface area contributed by atoms with E-state index >= 15 is 0 Å². The van der Waals surface area contributed by atoms with Gasteiger partial charge in [0.1, 0.15) is 0 Å². The van der Waals surface area contributed by atoms with Crippen molar-refractivity contribution < 1.29 is 4.74 Å². The Balaban J connectivity index is 2.06. The molecule has 2 heterocycles. The predicted molar refractivity (Wildman–Crippen MR) is 80.2 cm³/mol. The molecule has 5 nitrogen and oxygen atoms in total. The van der Waals surface area contributed by atoms with Crippen LogP contribution in [0.25, 0.3) is 10.8 Å². The predicted octanol–water partition coefficient (Wildman–Crippen LogP) is 1.36. The second kappa shape index (κ2) is 5.73. The van der Waals surface area contributed by atoms with Crippen LogP contribution in [0.15, 0.2) is 24.3 Å². The topological polar surface area (TPSA) is 50.3 Å². The largest absolute Gasteiger partial charge is 0.377 e. The molecule has 106 valence electrons. The van der Waals surface area contributed by atoms with Gasteiger partial charge in [0.25, 0.3) is 0 Å². The summed E-state index contributed by atoms with van der Waals surface area (Å²) in [5.41, 5.74) is 0.975. The van der Waals surface area contributed by atoms with Gasteiger partial charge in [-0.15, -0.1) is 5.10 Å². The molecular formula is C15H20N4O. The Bertz CT molecular complexity index is 599. The maximum Gasteiger partial charge on any atom is 0.159 e. The third-order valence-electron chi connectivity index (χ3n) is 3.79. The zero-order chi connectivity index (χ0) is 13.9. The highest BCUT2D eigenvalue weighted by Crippen LogP contribution is 2.27. The molecular weight excluding hydrogens is 252 g/mol. The molecule has 0 amide bonds. The van der Waals surface area contributed by atoms with E-state index in [-0.39, 0.29) is 0 Å². The number of ether oxygens (including phenoxy) is 1. The first-order valence-corrected chi connectivity index (χ1v) is 7.02. The number of morpholine rings is 1. The van der Waals surface area contributed by atoms with Gasteiger partial charge in [0, 0.05) is 23.9 Å². The minimum atomic E-state index is 0.300. The lowest BCUT2D eigenvalue weighted by molar-refractivity contribution is 0.0940. The van der Waals surface area contributed by atoms with Crippen molar-refractivity contribution in [3.63, 3.8) is 0 Å². The van der Waals surface area contributed by atoms with E-state index in [1.54, 1.807) is 0 Å². The SMILES string of the molecule is CNCC1COCCN1c1nnc(C)c2ccccc12. The van der Waals surface area contributed by atoms with Crippen LogP contribution < -0.4 is 10.2 Å². The first kappa shape index (κ1) is 13.3. The van der Waals surface area contributed by atoms with Crippen molar-refractivity contribution in [2.24, 2.45) is 0 Å². The molecule has 1 atom stereocenters. The van der Waals surface area contributed by atoms with Crippen molar-refractivity contribution in [1.29, 1.82) is 0 Å². The van der Waals surface area contributed by atoms with Gasteiger partial charge in [-0.05, 0) is 14.0 Å². The smallest absolute Gasteiger partial charge is 0.159 e. The number of hydrogen-bond acceptors (Lipinski definition) is 5. The van der Waals surface area contributed by atoms with Crippen molar-refractivity contribution in [3.8, 4) is 0 Å². The van der Waals surface area contributed by atoms with Crippen LogP contribution in [0.5, 0.6) is 0 Å². The first-order valence-electron chi connectivity index (χ1n) is 7.02. The zero-order valence-electron chi connectivity index (χ0n) is 12.0. The maximum atomic E-state index is 5.59. The summed E-state index contributed by atoms with van der Waals surface area (Å²) in [7, 11) is 1.96. The number of nitrogens with zero attached hydrogens (tertiary/aromatic N) is 3. The molecule has 3 rings (SSSR count). The van der Waals surface area contributed by atoms with Crippen LogP contribution in [0, 0.1) is 6.92 Å². The quantitative estimate of drug-likeness (QED) is 0.914. The lowest BCUT2D eigenvalue weighted by Gasteiger charge is -2.36. The van der Waals surface area contributed by atoms with Crippen LogP contribution in [0.3, 0.4) is 0 Å². The number of fused-ring (bicyclic) bond motifs is 1. The molecule has 1 fully saturated rings. The number of nitrogens with one attached hydrogen (secondary N) is 1.